The van der Waals surface area contributed by atoms with Gasteiger partial charge in [-0.25, -0.2) is 9.97 Å². The maximum absolute atomic E-state index is 5.57. The molecule has 2 aromatic heterocycles. The van der Waals surface area contributed by atoms with E-state index in [0.29, 0.717) is 5.95 Å². The second-order valence-corrected chi connectivity index (χ2v) is 16.0. The number of nitrogens with zero attached hydrogens (tertiary/aromatic N) is 3. The molecule has 0 spiro atoms. The van der Waals surface area contributed by atoms with Crippen molar-refractivity contribution < 1.29 is 0 Å². The number of allylic oxidation sites excluding steroid dienone is 1. The Morgan fingerprint density at radius 3 is 1.97 bits per heavy atom. The van der Waals surface area contributed by atoms with E-state index < -0.39 is 0 Å². The van der Waals surface area contributed by atoms with Gasteiger partial charge in [-0.2, -0.15) is 0 Å². The number of benzene rings is 8. The monoisotopic (exact) mass is 745 g/mol. The normalized spacial score (nSPS) is 14.1. The predicted octanol–water partition coefficient (Wildman–Crippen LogP) is 14.4. The Bertz CT molecular complexity index is 3330. The Morgan fingerprint density at radius 2 is 1.14 bits per heavy atom. The SMILES string of the molecule is CC.CC1(C)C2=C(c3ccccc3CC2)c2ccc(-c3cccc4c5ccc6ccccc6c5n(-c5nc(-c6ccccc6)c6ccc7ccccc7c6n5)c34)cc21. The van der Waals surface area contributed by atoms with Gasteiger partial charge in [0.25, 0.3) is 0 Å². The van der Waals surface area contributed by atoms with Crippen LogP contribution in [-0.2, 0) is 11.8 Å². The van der Waals surface area contributed by atoms with E-state index in [4.69, 9.17) is 9.97 Å². The van der Waals surface area contributed by atoms with Crippen LogP contribution in [0.5, 0.6) is 0 Å². The molecule has 0 aliphatic heterocycles. The second kappa shape index (κ2) is 13.1. The highest BCUT2D eigenvalue weighted by molar-refractivity contribution is 6.21. The summed E-state index contributed by atoms with van der Waals surface area (Å²) in [6.07, 6.45) is 2.19. The lowest BCUT2D eigenvalue weighted by Gasteiger charge is -2.28. The molecule has 0 amide bonds. The predicted molar refractivity (Wildman–Crippen MR) is 245 cm³/mol. The van der Waals surface area contributed by atoms with E-state index in [1.54, 1.807) is 5.57 Å². The standard InChI is InChI=1S/C53H37N3.C2H6/c1-53(2)45-30-26-32-13-6-9-18-37(32)47(45)43-28-25-36(31-46(43)53)40-21-12-22-41-42-27-23-34-15-8-11-20-39(34)50(42)56(51(40)41)52-54-48(35-16-4-3-5-17-35)44-29-24-33-14-7-10-19-38(33)49(44)55-52;1-2/h3-25,27-29,31H,26,30H2,1-2H3;1-2H3. The number of aryl methyl sites for hydroxylation is 1. The molecule has 278 valence electrons. The van der Waals surface area contributed by atoms with Crippen molar-refractivity contribution in [3.05, 3.63) is 192 Å². The molecule has 10 aromatic rings. The zero-order chi connectivity index (χ0) is 39.1. The second-order valence-electron chi connectivity index (χ2n) is 16.0. The van der Waals surface area contributed by atoms with Gasteiger partial charge >= 0.3 is 0 Å². The quantitative estimate of drug-likeness (QED) is 0.169. The van der Waals surface area contributed by atoms with Gasteiger partial charge < -0.3 is 0 Å². The molecule has 12 rings (SSSR count). The number of fused-ring (bicyclic) bond motifs is 12. The maximum Gasteiger partial charge on any atom is 0.235 e. The number of para-hydroxylation sites is 1. The van der Waals surface area contributed by atoms with Crippen LogP contribution in [0.3, 0.4) is 0 Å². The first-order valence-electron chi connectivity index (χ1n) is 20.7. The van der Waals surface area contributed by atoms with Crippen molar-refractivity contribution in [3.63, 3.8) is 0 Å². The van der Waals surface area contributed by atoms with Crippen LogP contribution in [0.4, 0.5) is 0 Å². The van der Waals surface area contributed by atoms with Gasteiger partial charge in [0.05, 0.1) is 22.2 Å². The first-order valence-corrected chi connectivity index (χ1v) is 20.7. The summed E-state index contributed by atoms with van der Waals surface area (Å²) in [5.41, 5.74) is 16.2. The first kappa shape index (κ1) is 34.4. The van der Waals surface area contributed by atoms with Gasteiger partial charge in [0.15, 0.2) is 0 Å². The molecular formula is C55H43N3. The fourth-order valence-electron chi connectivity index (χ4n) is 10.1. The molecule has 8 aromatic carbocycles. The van der Waals surface area contributed by atoms with Crippen LogP contribution < -0.4 is 0 Å². The van der Waals surface area contributed by atoms with Crippen LogP contribution in [0.25, 0.3) is 88.2 Å². The molecule has 0 saturated carbocycles. The van der Waals surface area contributed by atoms with Crippen molar-refractivity contribution in [2.75, 3.05) is 0 Å². The molecule has 2 aliphatic carbocycles. The number of hydrogen-bond donors (Lipinski definition) is 0. The Kier molecular flexibility index (Phi) is 7.78. The Morgan fingerprint density at radius 1 is 0.483 bits per heavy atom. The average molecular weight is 746 g/mol. The summed E-state index contributed by atoms with van der Waals surface area (Å²) in [4.78, 5) is 11.1. The van der Waals surface area contributed by atoms with Crippen LogP contribution in [0.15, 0.2) is 169 Å². The van der Waals surface area contributed by atoms with Crippen LogP contribution in [0.1, 0.15) is 56.4 Å². The van der Waals surface area contributed by atoms with E-state index in [0.717, 1.165) is 56.8 Å². The highest BCUT2D eigenvalue weighted by Crippen LogP contribution is 2.54. The van der Waals surface area contributed by atoms with E-state index in [2.05, 4.69) is 182 Å². The van der Waals surface area contributed by atoms with Crippen molar-refractivity contribution in [1.29, 1.82) is 0 Å². The zero-order valence-corrected chi connectivity index (χ0v) is 33.3. The topological polar surface area (TPSA) is 30.7 Å². The van der Waals surface area contributed by atoms with E-state index in [-0.39, 0.29) is 5.41 Å². The lowest BCUT2D eigenvalue weighted by atomic mass is 9.76. The molecule has 0 bridgehead atoms. The van der Waals surface area contributed by atoms with E-state index in [1.807, 2.05) is 13.8 Å². The van der Waals surface area contributed by atoms with Crippen molar-refractivity contribution >= 4 is 59.8 Å². The highest BCUT2D eigenvalue weighted by atomic mass is 15.2. The Labute approximate surface area is 339 Å². The summed E-state index contributed by atoms with van der Waals surface area (Å²) < 4.78 is 2.37. The molecule has 0 fully saturated rings. The minimum Gasteiger partial charge on any atom is -0.277 e. The Balaban J connectivity index is 0.00000190. The van der Waals surface area contributed by atoms with Crippen LogP contribution in [-0.4, -0.2) is 14.5 Å². The molecule has 0 atom stereocenters. The van der Waals surface area contributed by atoms with Crippen LogP contribution in [0.2, 0.25) is 0 Å². The van der Waals surface area contributed by atoms with E-state index in [9.17, 15) is 0 Å². The van der Waals surface area contributed by atoms with Crippen LogP contribution in [0, 0.1) is 0 Å². The minimum atomic E-state index is -0.0713. The number of rotatable bonds is 3. The number of hydrogen-bond acceptors (Lipinski definition) is 2. The van der Waals surface area contributed by atoms with E-state index in [1.165, 1.54) is 60.5 Å². The average Bonchev–Trinajstić information content (AvgIpc) is 3.75. The summed E-state index contributed by atoms with van der Waals surface area (Å²) in [6, 6.07) is 59.8. The lowest BCUT2D eigenvalue weighted by molar-refractivity contribution is 0.604. The van der Waals surface area contributed by atoms with Gasteiger partial charge in [0.1, 0.15) is 0 Å². The minimum absolute atomic E-state index is 0.0713. The maximum atomic E-state index is 5.57. The van der Waals surface area contributed by atoms with Gasteiger partial charge in [-0.05, 0) is 69.1 Å². The van der Waals surface area contributed by atoms with Crippen molar-refractivity contribution in [3.8, 4) is 28.3 Å². The van der Waals surface area contributed by atoms with Gasteiger partial charge in [-0.15, -0.1) is 0 Å². The van der Waals surface area contributed by atoms with E-state index >= 15 is 0 Å². The van der Waals surface area contributed by atoms with Gasteiger partial charge in [-0.3, -0.25) is 4.57 Å². The Hall–Kier alpha value is -6.84. The third kappa shape index (κ3) is 4.92. The fourth-order valence-corrected chi connectivity index (χ4v) is 10.1. The summed E-state index contributed by atoms with van der Waals surface area (Å²) in [5, 5.41) is 8.09. The highest BCUT2D eigenvalue weighted by Gasteiger charge is 2.40. The summed E-state index contributed by atoms with van der Waals surface area (Å²) in [6.45, 7) is 8.85. The first-order chi connectivity index (χ1) is 28.5. The third-order valence-electron chi connectivity index (χ3n) is 12.8. The molecule has 3 heteroatoms. The van der Waals surface area contributed by atoms with Crippen LogP contribution >= 0.6 is 0 Å². The molecule has 2 aliphatic rings. The van der Waals surface area contributed by atoms with Gasteiger partial charge in [-0.1, -0.05) is 185 Å². The molecule has 0 saturated heterocycles. The largest absolute Gasteiger partial charge is 0.277 e. The molecule has 2 heterocycles. The molecule has 0 unspecified atom stereocenters. The molecule has 0 N–H and O–H groups in total. The van der Waals surface area contributed by atoms with Crippen molar-refractivity contribution in [1.82, 2.24) is 14.5 Å². The zero-order valence-electron chi connectivity index (χ0n) is 33.3. The molecule has 0 radical (unpaired) electrons. The summed E-state index contributed by atoms with van der Waals surface area (Å²) in [5.74, 6) is 0.673. The van der Waals surface area contributed by atoms with Crippen molar-refractivity contribution in [2.45, 2.75) is 46.0 Å². The molecule has 3 nitrogen and oxygen atoms in total. The van der Waals surface area contributed by atoms with Gasteiger partial charge in [0.2, 0.25) is 5.95 Å². The smallest absolute Gasteiger partial charge is 0.235 e. The summed E-state index contributed by atoms with van der Waals surface area (Å²) in [7, 11) is 0. The molecular weight excluding hydrogens is 703 g/mol. The summed E-state index contributed by atoms with van der Waals surface area (Å²) >= 11 is 0. The van der Waals surface area contributed by atoms with Crippen molar-refractivity contribution in [2.24, 2.45) is 0 Å². The lowest BCUT2D eigenvalue weighted by Crippen LogP contribution is -2.19. The van der Waals surface area contributed by atoms with Gasteiger partial charge in [0, 0.05) is 43.5 Å². The fraction of sp³-hybridized carbons (Fsp3) is 0.127. The third-order valence-corrected chi connectivity index (χ3v) is 12.8. The number of aromatic nitrogens is 3. The molecule has 58 heavy (non-hydrogen) atoms.